The zero-order valence-electron chi connectivity index (χ0n) is 16.2. The maximum atomic E-state index is 5.62. The average Bonchev–Trinajstić information content (AvgIpc) is 2.68. The highest BCUT2D eigenvalue weighted by Crippen LogP contribution is 2.24. The summed E-state index contributed by atoms with van der Waals surface area (Å²) in [6, 6.07) is 16.6. The van der Waals surface area contributed by atoms with Gasteiger partial charge in [-0.05, 0) is 67.7 Å². The monoisotopic (exact) mass is 383 g/mol. The van der Waals surface area contributed by atoms with Crippen LogP contribution in [0.4, 0.5) is 11.4 Å². The Morgan fingerprint density at radius 2 is 1.96 bits per heavy atom. The molecule has 0 aliphatic carbocycles. The van der Waals surface area contributed by atoms with Crippen molar-refractivity contribution in [1.82, 2.24) is 5.32 Å². The quantitative estimate of drug-likeness (QED) is 0.700. The van der Waals surface area contributed by atoms with Gasteiger partial charge >= 0.3 is 0 Å². The minimum Gasteiger partial charge on any atom is -0.492 e. The van der Waals surface area contributed by atoms with E-state index < -0.39 is 0 Å². The second kappa shape index (κ2) is 9.60. The molecule has 2 N–H and O–H groups in total. The summed E-state index contributed by atoms with van der Waals surface area (Å²) < 4.78 is 5.62. The molecule has 1 aliphatic heterocycles. The lowest BCUT2D eigenvalue weighted by Crippen LogP contribution is -2.34. The Hall–Kier alpha value is -2.27. The molecule has 2 aromatic rings. The third-order valence-corrected chi connectivity index (χ3v) is 5.09. The summed E-state index contributed by atoms with van der Waals surface area (Å²) in [6.45, 7) is 7.95. The predicted molar refractivity (Wildman–Crippen MR) is 118 cm³/mol. The number of anilines is 2. The molecule has 0 aromatic heterocycles. The number of rotatable bonds is 6. The molecule has 0 spiro atoms. The van der Waals surface area contributed by atoms with Gasteiger partial charge in [0.05, 0.1) is 12.3 Å². The second-order valence-electron chi connectivity index (χ2n) is 7.10. The molecule has 0 amide bonds. The van der Waals surface area contributed by atoms with Crippen LogP contribution in [-0.2, 0) is 6.54 Å². The fourth-order valence-corrected chi connectivity index (χ4v) is 3.63. The van der Waals surface area contributed by atoms with E-state index in [-0.39, 0.29) is 0 Å². The highest BCUT2D eigenvalue weighted by Gasteiger charge is 2.16. The molecule has 0 bridgehead atoms. The van der Waals surface area contributed by atoms with Gasteiger partial charge in [0.25, 0.3) is 0 Å². The van der Waals surface area contributed by atoms with Crippen molar-refractivity contribution in [3.8, 4) is 5.75 Å². The summed E-state index contributed by atoms with van der Waals surface area (Å²) in [5.41, 5.74) is 3.41. The van der Waals surface area contributed by atoms with Crippen LogP contribution in [0.3, 0.4) is 0 Å². The van der Waals surface area contributed by atoms with E-state index in [2.05, 4.69) is 46.7 Å². The highest BCUT2D eigenvalue weighted by molar-refractivity contribution is 7.80. The molecule has 1 fully saturated rings. The molecule has 3 rings (SSSR count). The first-order valence-electron chi connectivity index (χ1n) is 9.76. The van der Waals surface area contributed by atoms with Crippen molar-refractivity contribution >= 4 is 28.7 Å². The van der Waals surface area contributed by atoms with Crippen LogP contribution in [-0.4, -0.2) is 24.8 Å². The van der Waals surface area contributed by atoms with E-state index in [9.17, 15) is 0 Å². The molecule has 144 valence electrons. The Morgan fingerprint density at radius 1 is 1.19 bits per heavy atom. The molecule has 1 atom stereocenters. The largest absolute Gasteiger partial charge is 0.492 e. The van der Waals surface area contributed by atoms with Crippen molar-refractivity contribution in [2.75, 3.05) is 29.9 Å². The lowest BCUT2D eigenvalue weighted by atomic mass is 9.99. The van der Waals surface area contributed by atoms with Gasteiger partial charge in [-0.1, -0.05) is 31.2 Å². The van der Waals surface area contributed by atoms with Crippen LogP contribution in [0.25, 0.3) is 0 Å². The second-order valence-corrected chi connectivity index (χ2v) is 7.50. The van der Waals surface area contributed by atoms with Gasteiger partial charge in [0.1, 0.15) is 5.75 Å². The lowest BCUT2D eigenvalue weighted by Gasteiger charge is -2.32. The number of ether oxygens (including phenoxy) is 1. The molecule has 27 heavy (non-hydrogen) atoms. The maximum absolute atomic E-state index is 5.62. The molecule has 1 unspecified atom stereocenters. The highest BCUT2D eigenvalue weighted by atomic mass is 32.1. The third-order valence-electron chi connectivity index (χ3n) is 4.85. The molecule has 2 aromatic carbocycles. The number of piperidine rings is 1. The van der Waals surface area contributed by atoms with Crippen molar-refractivity contribution in [2.45, 2.75) is 33.2 Å². The normalized spacial score (nSPS) is 16.7. The molecule has 0 saturated carbocycles. The predicted octanol–water partition coefficient (Wildman–Crippen LogP) is 4.81. The molecular weight excluding hydrogens is 354 g/mol. The van der Waals surface area contributed by atoms with E-state index in [0.29, 0.717) is 18.3 Å². The number of hydrogen-bond donors (Lipinski definition) is 2. The Morgan fingerprint density at radius 3 is 2.70 bits per heavy atom. The number of nitrogens with zero attached hydrogens (tertiary/aromatic N) is 1. The standard InChI is InChI=1S/C22H29N3OS/c1-3-26-21-9-5-4-8-20(21)24-22(27)23-15-18-10-12-19(13-11-18)25-14-6-7-17(2)16-25/h4-5,8-13,17H,3,6-7,14-16H2,1-2H3,(H2,23,24,27). The molecule has 0 radical (unpaired) electrons. The zero-order valence-corrected chi connectivity index (χ0v) is 17.0. The number of para-hydroxylation sites is 2. The molecule has 1 heterocycles. The third kappa shape index (κ3) is 5.60. The van der Waals surface area contributed by atoms with Gasteiger partial charge in [-0.15, -0.1) is 0 Å². The van der Waals surface area contributed by atoms with Crippen LogP contribution < -0.4 is 20.3 Å². The lowest BCUT2D eigenvalue weighted by molar-refractivity contribution is 0.342. The van der Waals surface area contributed by atoms with Gasteiger partial charge in [-0.25, -0.2) is 0 Å². The van der Waals surface area contributed by atoms with Gasteiger partial charge < -0.3 is 20.3 Å². The van der Waals surface area contributed by atoms with E-state index in [4.69, 9.17) is 17.0 Å². The minimum absolute atomic E-state index is 0.594. The first kappa shape index (κ1) is 19.5. The van der Waals surface area contributed by atoms with Crippen LogP contribution in [0.1, 0.15) is 32.3 Å². The van der Waals surface area contributed by atoms with Gasteiger partial charge in [0.2, 0.25) is 0 Å². The van der Waals surface area contributed by atoms with E-state index in [1.165, 1.54) is 24.1 Å². The van der Waals surface area contributed by atoms with E-state index in [1.54, 1.807) is 0 Å². The van der Waals surface area contributed by atoms with Crippen molar-refractivity contribution in [3.63, 3.8) is 0 Å². The van der Waals surface area contributed by atoms with Gasteiger partial charge in [0, 0.05) is 25.3 Å². The van der Waals surface area contributed by atoms with Crippen LogP contribution in [0.2, 0.25) is 0 Å². The summed E-state index contributed by atoms with van der Waals surface area (Å²) >= 11 is 5.43. The molecule has 4 nitrogen and oxygen atoms in total. The van der Waals surface area contributed by atoms with Crippen molar-refractivity contribution < 1.29 is 4.74 Å². The Labute approximate surface area is 167 Å². The molecule has 1 aliphatic rings. The molecule has 5 heteroatoms. The Balaban J connectivity index is 1.52. The SMILES string of the molecule is CCOc1ccccc1NC(=S)NCc1ccc(N2CCCC(C)C2)cc1. The summed E-state index contributed by atoms with van der Waals surface area (Å²) in [4.78, 5) is 2.49. The van der Waals surface area contributed by atoms with E-state index in [1.807, 2.05) is 31.2 Å². The Bertz CT molecular complexity index is 747. The van der Waals surface area contributed by atoms with Gasteiger partial charge in [0.15, 0.2) is 5.11 Å². The van der Waals surface area contributed by atoms with Crippen LogP contribution >= 0.6 is 12.2 Å². The van der Waals surface area contributed by atoms with Gasteiger partial charge in [-0.3, -0.25) is 0 Å². The maximum Gasteiger partial charge on any atom is 0.171 e. The fourth-order valence-electron chi connectivity index (χ4n) is 3.45. The zero-order chi connectivity index (χ0) is 19.1. The number of nitrogens with one attached hydrogen (secondary N) is 2. The first-order chi connectivity index (χ1) is 13.2. The summed E-state index contributed by atoms with van der Waals surface area (Å²) in [7, 11) is 0. The molecule has 1 saturated heterocycles. The number of benzene rings is 2. The van der Waals surface area contributed by atoms with E-state index >= 15 is 0 Å². The van der Waals surface area contributed by atoms with Crippen LogP contribution in [0.15, 0.2) is 48.5 Å². The summed E-state index contributed by atoms with van der Waals surface area (Å²) in [6.07, 6.45) is 2.63. The first-order valence-corrected chi connectivity index (χ1v) is 10.2. The minimum atomic E-state index is 0.594. The number of thiocarbonyl (C=S) groups is 1. The van der Waals surface area contributed by atoms with Crippen LogP contribution in [0, 0.1) is 5.92 Å². The van der Waals surface area contributed by atoms with Crippen molar-refractivity contribution in [2.24, 2.45) is 5.92 Å². The Kier molecular flexibility index (Phi) is 6.93. The van der Waals surface area contributed by atoms with Gasteiger partial charge in [-0.2, -0.15) is 0 Å². The smallest absolute Gasteiger partial charge is 0.171 e. The van der Waals surface area contributed by atoms with Crippen molar-refractivity contribution in [3.05, 3.63) is 54.1 Å². The topological polar surface area (TPSA) is 36.5 Å². The summed E-state index contributed by atoms with van der Waals surface area (Å²) in [5.74, 6) is 1.59. The van der Waals surface area contributed by atoms with Crippen LogP contribution in [0.5, 0.6) is 5.75 Å². The van der Waals surface area contributed by atoms with Crippen molar-refractivity contribution in [1.29, 1.82) is 0 Å². The fraction of sp³-hybridized carbons (Fsp3) is 0.409. The average molecular weight is 384 g/mol. The number of hydrogen-bond acceptors (Lipinski definition) is 3. The van der Waals surface area contributed by atoms with E-state index in [0.717, 1.165) is 30.4 Å². The summed E-state index contributed by atoms with van der Waals surface area (Å²) in [5, 5.41) is 7.09. The molecular formula is C22H29N3OS.